The van der Waals surface area contributed by atoms with Crippen LogP contribution in [-0.4, -0.2) is 27.3 Å². The molecule has 0 unspecified atom stereocenters. The van der Waals surface area contributed by atoms with Gasteiger partial charge in [-0.3, -0.25) is 5.10 Å². The fraction of sp³-hybridized carbons (Fsp3) is 0.160. The molecule has 1 aliphatic heterocycles. The van der Waals surface area contributed by atoms with Crippen LogP contribution in [0.25, 0.3) is 11.4 Å². The number of aromatic amines is 1. The molecule has 34 heavy (non-hydrogen) atoms. The second-order valence-corrected chi connectivity index (χ2v) is 7.53. The van der Waals surface area contributed by atoms with E-state index in [4.69, 9.17) is 19.2 Å². The van der Waals surface area contributed by atoms with Gasteiger partial charge in [-0.15, -0.1) is 5.10 Å². The number of pyridine rings is 1. The molecule has 2 N–H and O–H groups in total. The largest absolute Gasteiger partial charge is 0.497 e. The molecule has 172 valence electrons. The highest BCUT2D eigenvalue weighted by molar-refractivity contribution is 5.71. The minimum atomic E-state index is 0.448. The minimum absolute atomic E-state index is 0.448. The number of hydrogen-bond acceptors (Lipinski definition) is 8. The summed E-state index contributed by atoms with van der Waals surface area (Å²) in [6.45, 7) is 0.581. The summed E-state index contributed by atoms with van der Waals surface area (Å²) in [6, 6.07) is 11.7. The van der Waals surface area contributed by atoms with Crippen LogP contribution in [0.2, 0.25) is 0 Å². The van der Waals surface area contributed by atoms with Crippen LogP contribution in [0, 0.1) is 0 Å². The van der Waals surface area contributed by atoms with Crippen LogP contribution >= 0.6 is 0 Å². The summed E-state index contributed by atoms with van der Waals surface area (Å²) in [5.41, 5.74) is 2.88. The maximum atomic E-state index is 5.68. The SMILES string of the molecule is COc1cccc(CNc2ncccc2-c2nc(N(C3=CC=CCC3)C3=COC=CO3)n[nH]2)c1. The molecule has 0 radical (unpaired) electrons. The van der Waals surface area contributed by atoms with E-state index in [2.05, 4.69) is 26.6 Å². The highest BCUT2D eigenvalue weighted by Gasteiger charge is 2.25. The summed E-state index contributed by atoms with van der Waals surface area (Å²) >= 11 is 0. The Morgan fingerprint density at radius 2 is 2.18 bits per heavy atom. The van der Waals surface area contributed by atoms with E-state index >= 15 is 0 Å². The smallest absolute Gasteiger partial charge is 0.256 e. The molecule has 5 rings (SSSR count). The van der Waals surface area contributed by atoms with E-state index in [9.17, 15) is 0 Å². The van der Waals surface area contributed by atoms with Crippen molar-refractivity contribution < 1.29 is 14.2 Å². The quantitative estimate of drug-likeness (QED) is 0.497. The van der Waals surface area contributed by atoms with Crippen molar-refractivity contribution in [2.75, 3.05) is 17.3 Å². The van der Waals surface area contributed by atoms with Gasteiger partial charge in [0.15, 0.2) is 12.1 Å². The fourth-order valence-corrected chi connectivity index (χ4v) is 3.68. The Morgan fingerprint density at radius 3 is 3.00 bits per heavy atom. The third-order valence-corrected chi connectivity index (χ3v) is 5.32. The third kappa shape index (κ3) is 4.63. The minimum Gasteiger partial charge on any atom is -0.497 e. The number of hydrogen-bond donors (Lipinski definition) is 2. The van der Waals surface area contributed by atoms with Crippen LogP contribution in [0.3, 0.4) is 0 Å². The average Bonchev–Trinajstić information content (AvgIpc) is 3.39. The zero-order valence-corrected chi connectivity index (χ0v) is 18.6. The van der Waals surface area contributed by atoms with Crippen LogP contribution in [0.4, 0.5) is 11.8 Å². The first kappa shape index (κ1) is 21.3. The first-order valence-electron chi connectivity index (χ1n) is 10.9. The van der Waals surface area contributed by atoms with Gasteiger partial charge in [-0.25, -0.2) is 9.88 Å². The lowest BCUT2D eigenvalue weighted by molar-refractivity contribution is 0.250. The van der Waals surface area contributed by atoms with E-state index in [1.807, 2.05) is 53.5 Å². The van der Waals surface area contributed by atoms with Gasteiger partial charge in [-0.05, 0) is 48.7 Å². The monoisotopic (exact) mass is 456 g/mol. The van der Waals surface area contributed by atoms with Crippen LogP contribution in [0.15, 0.2) is 91.2 Å². The highest BCUT2D eigenvalue weighted by atomic mass is 16.5. The van der Waals surface area contributed by atoms with Crippen molar-refractivity contribution in [2.45, 2.75) is 19.4 Å². The Bertz CT molecular complexity index is 1280. The van der Waals surface area contributed by atoms with Gasteiger partial charge >= 0.3 is 0 Å². The number of methoxy groups -OCH3 is 1. The Balaban J connectivity index is 1.42. The van der Waals surface area contributed by atoms with Crippen LogP contribution in [0.5, 0.6) is 5.75 Å². The summed E-state index contributed by atoms with van der Waals surface area (Å²) in [4.78, 5) is 11.1. The third-order valence-electron chi connectivity index (χ3n) is 5.32. The number of benzene rings is 1. The van der Waals surface area contributed by atoms with E-state index in [1.54, 1.807) is 13.3 Å². The molecule has 1 aliphatic carbocycles. The Labute approximate surface area is 197 Å². The fourth-order valence-electron chi connectivity index (χ4n) is 3.68. The van der Waals surface area contributed by atoms with Gasteiger partial charge in [0.05, 0.1) is 12.7 Å². The van der Waals surface area contributed by atoms with E-state index in [1.165, 1.54) is 18.8 Å². The number of anilines is 2. The summed E-state index contributed by atoms with van der Waals surface area (Å²) in [6.07, 6.45) is 14.1. The maximum absolute atomic E-state index is 5.68. The molecule has 0 bridgehead atoms. The molecule has 2 aliphatic rings. The number of H-pyrrole nitrogens is 1. The van der Waals surface area contributed by atoms with Gasteiger partial charge in [0.1, 0.15) is 24.1 Å². The van der Waals surface area contributed by atoms with Gasteiger partial charge in [0.25, 0.3) is 5.95 Å². The number of nitrogens with zero attached hydrogens (tertiary/aromatic N) is 4. The molecule has 0 spiro atoms. The van der Waals surface area contributed by atoms with Crippen LogP contribution < -0.4 is 15.0 Å². The molecule has 1 aromatic carbocycles. The number of allylic oxidation sites excluding steroid dienone is 4. The topological polar surface area (TPSA) is 97.4 Å². The summed E-state index contributed by atoms with van der Waals surface area (Å²) in [5.74, 6) is 3.02. The van der Waals surface area contributed by atoms with Crippen LogP contribution in [0.1, 0.15) is 18.4 Å². The molecule has 0 fully saturated rings. The first-order chi connectivity index (χ1) is 16.8. The molecule has 0 saturated heterocycles. The molecule has 0 atom stereocenters. The Morgan fingerprint density at radius 1 is 1.21 bits per heavy atom. The van der Waals surface area contributed by atoms with Crippen LogP contribution in [-0.2, 0) is 16.0 Å². The standard InChI is InChI=1S/C25H24N6O3/c1-32-20-10-5-7-18(15-20)16-27-23-21(11-6-12-26-23)24-28-25(30-29-24)31(19-8-3-2-4-9-19)22-17-33-13-14-34-22/h2-3,5-8,10-15,17H,4,9,16H2,1H3,(H,26,27)(H,28,29,30). The number of aromatic nitrogens is 4. The lowest BCUT2D eigenvalue weighted by Gasteiger charge is -2.26. The van der Waals surface area contributed by atoms with E-state index in [0.717, 1.165) is 35.4 Å². The summed E-state index contributed by atoms with van der Waals surface area (Å²) in [7, 11) is 1.66. The molecular formula is C25H24N6O3. The molecule has 9 nitrogen and oxygen atoms in total. The molecule has 9 heteroatoms. The normalized spacial score (nSPS) is 14.5. The van der Waals surface area contributed by atoms with E-state index < -0.39 is 0 Å². The first-order valence-corrected chi connectivity index (χ1v) is 10.9. The van der Waals surface area contributed by atoms with E-state index in [-0.39, 0.29) is 0 Å². The predicted molar refractivity (Wildman–Crippen MR) is 128 cm³/mol. The van der Waals surface area contributed by atoms with Gasteiger partial charge in [-0.1, -0.05) is 24.3 Å². The van der Waals surface area contributed by atoms with Crippen molar-refractivity contribution >= 4 is 11.8 Å². The average molecular weight is 457 g/mol. The number of ether oxygens (including phenoxy) is 3. The second kappa shape index (κ2) is 9.95. The van der Waals surface area contributed by atoms with Gasteiger partial charge in [-0.2, -0.15) is 4.98 Å². The molecule has 2 aromatic heterocycles. The molecular weight excluding hydrogens is 432 g/mol. The lowest BCUT2D eigenvalue weighted by Crippen LogP contribution is -2.25. The second-order valence-electron chi connectivity index (χ2n) is 7.53. The molecule has 0 amide bonds. The van der Waals surface area contributed by atoms with Gasteiger partial charge in [0, 0.05) is 18.4 Å². The highest BCUT2D eigenvalue weighted by Crippen LogP contribution is 2.30. The summed E-state index contributed by atoms with van der Waals surface area (Å²) < 4.78 is 16.3. The zero-order valence-electron chi connectivity index (χ0n) is 18.6. The van der Waals surface area contributed by atoms with Crippen molar-refractivity contribution in [3.63, 3.8) is 0 Å². The van der Waals surface area contributed by atoms with Gasteiger partial charge in [0.2, 0.25) is 5.88 Å². The number of rotatable bonds is 8. The molecule has 3 aromatic rings. The molecule has 3 heterocycles. The summed E-state index contributed by atoms with van der Waals surface area (Å²) in [5, 5.41) is 10.9. The van der Waals surface area contributed by atoms with Crippen molar-refractivity contribution in [2.24, 2.45) is 0 Å². The maximum Gasteiger partial charge on any atom is 0.256 e. The Hall–Kier alpha value is -4.53. The van der Waals surface area contributed by atoms with E-state index in [0.29, 0.717) is 30.0 Å². The predicted octanol–water partition coefficient (Wildman–Crippen LogP) is 4.84. The Kier molecular flexibility index (Phi) is 6.24. The van der Waals surface area contributed by atoms with Crippen molar-refractivity contribution in [3.05, 3.63) is 96.8 Å². The molecule has 0 saturated carbocycles. The zero-order chi connectivity index (χ0) is 23.2. The lowest BCUT2D eigenvalue weighted by atomic mass is 10.1. The van der Waals surface area contributed by atoms with Crippen molar-refractivity contribution in [1.82, 2.24) is 20.2 Å². The van der Waals surface area contributed by atoms with Crippen molar-refractivity contribution in [1.29, 1.82) is 0 Å². The van der Waals surface area contributed by atoms with Gasteiger partial charge < -0.3 is 19.5 Å². The van der Waals surface area contributed by atoms with Crippen molar-refractivity contribution in [3.8, 4) is 17.1 Å². The number of nitrogens with one attached hydrogen (secondary N) is 2.